The number of carbonyl (C=O) groups is 1. The highest BCUT2D eigenvalue weighted by Gasteiger charge is 2.24. The lowest BCUT2D eigenvalue weighted by Gasteiger charge is -2.16. The Balaban J connectivity index is 1.93. The number of carbonyl (C=O) groups excluding carboxylic acids is 1. The molecule has 7 nitrogen and oxygen atoms in total. The molecular formula is C14H19N2O5P. The Kier molecular flexibility index (Phi) is 5.71. The molecule has 2 aromatic heterocycles. The van der Waals surface area contributed by atoms with Crippen LogP contribution in [0.5, 0.6) is 0 Å². The third kappa shape index (κ3) is 4.16. The fourth-order valence-corrected chi connectivity index (χ4v) is 3.35. The van der Waals surface area contributed by atoms with Gasteiger partial charge >= 0.3 is 13.6 Å². The van der Waals surface area contributed by atoms with E-state index in [1.165, 1.54) is 0 Å². The summed E-state index contributed by atoms with van der Waals surface area (Å²) < 4.78 is 29.3. The Morgan fingerprint density at radius 3 is 2.64 bits per heavy atom. The minimum absolute atomic E-state index is 0.0216. The number of ether oxygens (including phenoxy) is 1. The predicted octanol–water partition coefficient (Wildman–Crippen LogP) is 2.76. The van der Waals surface area contributed by atoms with Gasteiger partial charge < -0.3 is 18.2 Å². The van der Waals surface area contributed by atoms with Gasteiger partial charge in [-0.25, -0.2) is 9.78 Å². The van der Waals surface area contributed by atoms with Crippen molar-refractivity contribution in [2.24, 2.45) is 0 Å². The minimum atomic E-state index is -3.20. The molecule has 2 heterocycles. The van der Waals surface area contributed by atoms with E-state index in [0.717, 1.165) is 0 Å². The summed E-state index contributed by atoms with van der Waals surface area (Å²) in [4.78, 5) is 16.1. The quantitative estimate of drug-likeness (QED) is 0.548. The largest absolute Gasteiger partial charge is 0.460 e. The summed E-state index contributed by atoms with van der Waals surface area (Å²) in [5.74, 6) is -0.566. The number of rotatable bonds is 8. The first kappa shape index (κ1) is 16.7. The summed E-state index contributed by atoms with van der Waals surface area (Å²) in [6.45, 7) is 3.96. The lowest BCUT2D eigenvalue weighted by Crippen LogP contribution is -2.11. The molecule has 0 N–H and O–H groups in total. The van der Waals surface area contributed by atoms with Crippen molar-refractivity contribution < 1.29 is 23.1 Å². The van der Waals surface area contributed by atoms with Crippen molar-refractivity contribution in [1.29, 1.82) is 0 Å². The van der Waals surface area contributed by atoms with Gasteiger partial charge in [0.2, 0.25) is 0 Å². The molecule has 0 unspecified atom stereocenters. The molecule has 2 rings (SSSR count). The van der Waals surface area contributed by atoms with Crippen LogP contribution in [-0.2, 0) is 18.3 Å². The van der Waals surface area contributed by atoms with Gasteiger partial charge in [-0.15, -0.1) is 0 Å². The third-order valence-corrected chi connectivity index (χ3v) is 4.86. The van der Waals surface area contributed by atoms with Crippen LogP contribution in [-0.4, -0.2) is 41.3 Å². The van der Waals surface area contributed by atoms with Crippen LogP contribution in [0.1, 0.15) is 24.3 Å². The van der Waals surface area contributed by atoms with E-state index in [-0.39, 0.29) is 31.7 Å². The van der Waals surface area contributed by atoms with Crippen LogP contribution < -0.4 is 0 Å². The maximum Gasteiger partial charge on any atom is 0.358 e. The van der Waals surface area contributed by atoms with Crippen LogP contribution in [0.4, 0.5) is 0 Å². The summed E-state index contributed by atoms with van der Waals surface area (Å²) in [5.41, 5.74) is 0.859. The van der Waals surface area contributed by atoms with Gasteiger partial charge in [-0.2, -0.15) is 0 Å². The molecule has 0 aliphatic heterocycles. The molecule has 120 valence electrons. The van der Waals surface area contributed by atoms with Crippen LogP contribution in [0.15, 0.2) is 30.6 Å². The number of imidazole rings is 1. The first-order valence-electron chi connectivity index (χ1n) is 7.07. The van der Waals surface area contributed by atoms with Crippen molar-refractivity contribution in [3.8, 4) is 0 Å². The van der Waals surface area contributed by atoms with E-state index in [9.17, 15) is 9.36 Å². The molecule has 0 amide bonds. The summed E-state index contributed by atoms with van der Waals surface area (Å²) in [7, 11) is -3.20. The summed E-state index contributed by atoms with van der Waals surface area (Å²) >= 11 is 0. The molecule has 0 spiro atoms. The maximum atomic E-state index is 12.2. The number of fused-ring (bicyclic) bond motifs is 1. The highest BCUT2D eigenvalue weighted by atomic mass is 31.2. The molecule has 0 bridgehead atoms. The summed E-state index contributed by atoms with van der Waals surface area (Å²) in [6.07, 6.45) is 3.40. The molecule has 0 saturated carbocycles. The zero-order valence-corrected chi connectivity index (χ0v) is 13.5. The molecule has 0 atom stereocenters. The smallest absolute Gasteiger partial charge is 0.358 e. The second-order valence-electron chi connectivity index (χ2n) is 4.40. The standard InChI is InChI=1S/C14H19N2O5P/c1-3-20-22(18,21-4-2)10-9-19-14(17)12-11-16-8-6-5-7-13(16)15-12/h5-8,11H,3-4,9-10H2,1-2H3. The Labute approximate surface area is 128 Å². The van der Waals surface area contributed by atoms with Gasteiger partial charge in [0.1, 0.15) is 12.3 Å². The fourth-order valence-electron chi connectivity index (χ4n) is 1.92. The average Bonchev–Trinajstić information content (AvgIpc) is 2.91. The Morgan fingerprint density at radius 1 is 1.27 bits per heavy atom. The average molecular weight is 326 g/mol. The lowest BCUT2D eigenvalue weighted by molar-refractivity contribution is 0.0516. The van der Waals surface area contributed by atoms with Gasteiger partial charge in [0.15, 0.2) is 5.69 Å². The Morgan fingerprint density at radius 2 is 2.00 bits per heavy atom. The van der Waals surface area contributed by atoms with Crippen molar-refractivity contribution in [3.05, 3.63) is 36.3 Å². The monoisotopic (exact) mass is 326 g/mol. The molecular weight excluding hydrogens is 307 g/mol. The van der Waals surface area contributed by atoms with Gasteiger partial charge in [0.05, 0.1) is 19.4 Å². The van der Waals surface area contributed by atoms with Crippen LogP contribution in [0, 0.1) is 0 Å². The number of nitrogens with zero attached hydrogens (tertiary/aromatic N) is 2. The SMILES string of the molecule is CCOP(=O)(CCOC(=O)c1cn2ccccc2n1)OCC. The maximum absolute atomic E-state index is 12.2. The van der Waals surface area contributed by atoms with Gasteiger partial charge in [0.25, 0.3) is 0 Å². The van der Waals surface area contributed by atoms with E-state index < -0.39 is 13.6 Å². The van der Waals surface area contributed by atoms with E-state index in [2.05, 4.69) is 4.98 Å². The van der Waals surface area contributed by atoms with E-state index in [0.29, 0.717) is 5.65 Å². The topological polar surface area (TPSA) is 79.1 Å². The van der Waals surface area contributed by atoms with E-state index in [4.69, 9.17) is 13.8 Å². The number of hydrogen-bond donors (Lipinski definition) is 0. The molecule has 22 heavy (non-hydrogen) atoms. The molecule has 0 aliphatic rings. The zero-order valence-electron chi connectivity index (χ0n) is 12.6. The highest BCUT2D eigenvalue weighted by Crippen LogP contribution is 2.47. The Bertz CT molecular complexity index is 642. The minimum Gasteiger partial charge on any atom is -0.460 e. The molecule has 8 heteroatoms. The van der Waals surface area contributed by atoms with E-state index in [1.54, 1.807) is 36.7 Å². The first-order chi connectivity index (χ1) is 10.6. The van der Waals surface area contributed by atoms with E-state index in [1.807, 2.05) is 12.1 Å². The van der Waals surface area contributed by atoms with Crippen molar-refractivity contribution in [2.75, 3.05) is 26.0 Å². The number of hydrogen-bond acceptors (Lipinski definition) is 6. The van der Waals surface area contributed by atoms with Crippen LogP contribution >= 0.6 is 7.60 Å². The Hall–Kier alpha value is -1.69. The van der Waals surface area contributed by atoms with Crippen molar-refractivity contribution in [2.45, 2.75) is 13.8 Å². The fraction of sp³-hybridized carbons (Fsp3) is 0.429. The highest BCUT2D eigenvalue weighted by molar-refractivity contribution is 7.53. The lowest BCUT2D eigenvalue weighted by atomic mass is 10.5. The predicted molar refractivity (Wildman–Crippen MR) is 81.2 cm³/mol. The van der Waals surface area contributed by atoms with Crippen molar-refractivity contribution >= 4 is 19.2 Å². The molecule has 0 aromatic carbocycles. The molecule has 0 fully saturated rings. The zero-order chi connectivity index (χ0) is 16.0. The van der Waals surface area contributed by atoms with Crippen LogP contribution in [0.25, 0.3) is 5.65 Å². The van der Waals surface area contributed by atoms with Gasteiger partial charge in [-0.3, -0.25) is 4.57 Å². The van der Waals surface area contributed by atoms with Crippen molar-refractivity contribution in [1.82, 2.24) is 9.38 Å². The molecule has 0 saturated heterocycles. The van der Waals surface area contributed by atoms with E-state index >= 15 is 0 Å². The van der Waals surface area contributed by atoms with Crippen LogP contribution in [0.2, 0.25) is 0 Å². The number of esters is 1. The summed E-state index contributed by atoms with van der Waals surface area (Å²) in [5, 5.41) is 0. The van der Waals surface area contributed by atoms with Crippen molar-refractivity contribution in [3.63, 3.8) is 0 Å². The second-order valence-corrected chi connectivity index (χ2v) is 6.58. The third-order valence-electron chi connectivity index (χ3n) is 2.82. The van der Waals surface area contributed by atoms with Gasteiger partial charge in [0, 0.05) is 12.4 Å². The number of pyridine rings is 1. The molecule has 2 aromatic rings. The van der Waals surface area contributed by atoms with Crippen LogP contribution in [0.3, 0.4) is 0 Å². The number of aromatic nitrogens is 2. The molecule has 0 aliphatic carbocycles. The van der Waals surface area contributed by atoms with Gasteiger partial charge in [-0.1, -0.05) is 6.07 Å². The normalized spacial score (nSPS) is 11.7. The molecule has 0 radical (unpaired) electrons. The second kappa shape index (κ2) is 7.54. The van der Waals surface area contributed by atoms with Gasteiger partial charge in [-0.05, 0) is 26.0 Å². The summed E-state index contributed by atoms with van der Waals surface area (Å²) in [6, 6.07) is 5.46. The first-order valence-corrected chi connectivity index (χ1v) is 8.79.